The zero-order chi connectivity index (χ0) is 24.8. The first kappa shape index (κ1) is 23.7. The van der Waals surface area contributed by atoms with Crippen molar-refractivity contribution in [3.8, 4) is 34.8 Å². The topological polar surface area (TPSA) is 98.8 Å². The van der Waals surface area contributed by atoms with Crippen LogP contribution in [0.2, 0.25) is 0 Å². The Kier molecular flexibility index (Phi) is 6.02. The van der Waals surface area contributed by atoms with Gasteiger partial charge in [-0.2, -0.15) is 15.0 Å². The van der Waals surface area contributed by atoms with Gasteiger partial charge in [-0.1, -0.05) is 48.5 Å². The summed E-state index contributed by atoms with van der Waals surface area (Å²) in [6.07, 6.45) is 1.54. The smallest absolute Gasteiger partial charge is 0.322 e. The fourth-order valence-corrected chi connectivity index (χ4v) is 4.44. The van der Waals surface area contributed by atoms with E-state index in [1.165, 1.54) is 0 Å². The van der Waals surface area contributed by atoms with Crippen molar-refractivity contribution in [2.45, 2.75) is 0 Å². The molecule has 0 amide bonds. The summed E-state index contributed by atoms with van der Waals surface area (Å²) in [5.74, 6) is 0.894. The van der Waals surface area contributed by atoms with E-state index in [4.69, 9.17) is 4.74 Å². The van der Waals surface area contributed by atoms with Crippen molar-refractivity contribution in [1.82, 2.24) is 29.5 Å². The van der Waals surface area contributed by atoms with E-state index in [0.29, 0.717) is 22.6 Å². The Hall–Kier alpha value is -4.68. The van der Waals surface area contributed by atoms with Gasteiger partial charge in [0.15, 0.2) is 5.82 Å². The molecule has 0 atom stereocenters. The van der Waals surface area contributed by atoms with Crippen molar-refractivity contribution in [3.05, 3.63) is 103 Å². The summed E-state index contributed by atoms with van der Waals surface area (Å²) in [7, 11) is 0. The van der Waals surface area contributed by atoms with Gasteiger partial charge in [-0.3, -0.25) is 4.98 Å². The summed E-state index contributed by atoms with van der Waals surface area (Å²) in [5, 5.41) is 12.4. The third kappa shape index (κ3) is 4.05. The van der Waals surface area contributed by atoms with Gasteiger partial charge in [0.05, 0.1) is 22.1 Å². The molecule has 0 saturated carbocycles. The van der Waals surface area contributed by atoms with Crippen LogP contribution in [-0.4, -0.2) is 34.6 Å². The van der Waals surface area contributed by atoms with Gasteiger partial charge in [-0.05, 0) is 41.4 Å². The van der Waals surface area contributed by atoms with Gasteiger partial charge in [0, 0.05) is 32.2 Å². The fraction of sp³-hybridized carbons (Fsp3) is 0. The number of rotatable bonds is 4. The van der Waals surface area contributed by atoms with E-state index in [1.807, 2.05) is 84.9 Å². The number of fused-ring (bicyclic) bond motifs is 3. The van der Waals surface area contributed by atoms with Crippen molar-refractivity contribution in [3.63, 3.8) is 0 Å². The normalized spacial score (nSPS) is 11.1. The number of benzene rings is 4. The number of ether oxygens (including phenoxy) is 1. The SMILES string of the molecule is Oc1nc2ccccc2n1-c1nc(Oc2[c-]c(-c3ncnc4ccccc34)ccc2)nc2ccccc12.[Pt]. The van der Waals surface area contributed by atoms with Gasteiger partial charge in [-0.15, -0.1) is 23.8 Å². The second-order valence-corrected chi connectivity index (χ2v) is 8.35. The Bertz CT molecular complexity index is 1950. The minimum absolute atomic E-state index is 0. The maximum absolute atomic E-state index is 10.7. The molecule has 0 bridgehead atoms. The molecule has 4 aromatic carbocycles. The molecule has 0 radical (unpaired) electrons. The first-order valence-corrected chi connectivity index (χ1v) is 11.6. The molecule has 3 aromatic heterocycles. The summed E-state index contributed by atoms with van der Waals surface area (Å²) in [6.45, 7) is 0. The van der Waals surface area contributed by atoms with Gasteiger partial charge < -0.3 is 9.84 Å². The van der Waals surface area contributed by atoms with E-state index < -0.39 is 0 Å². The average Bonchev–Trinajstić information content (AvgIpc) is 3.28. The largest absolute Gasteiger partial charge is 0.480 e. The number of hydrogen-bond donors (Lipinski definition) is 1. The van der Waals surface area contributed by atoms with Crippen molar-refractivity contribution in [1.29, 1.82) is 0 Å². The summed E-state index contributed by atoms with van der Waals surface area (Å²) < 4.78 is 7.71. The van der Waals surface area contributed by atoms with Gasteiger partial charge in [0.2, 0.25) is 0 Å². The van der Waals surface area contributed by atoms with E-state index >= 15 is 0 Å². The van der Waals surface area contributed by atoms with Gasteiger partial charge >= 0.3 is 12.0 Å². The Balaban J connectivity index is 0.00000264. The molecule has 0 aliphatic rings. The zero-order valence-corrected chi connectivity index (χ0v) is 21.9. The molecule has 0 aliphatic carbocycles. The Morgan fingerprint density at radius 1 is 0.684 bits per heavy atom. The van der Waals surface area contributed by atoms with E-state index in [-0.39, 0.29) is 33.1 Å². The molecule has 0 spiro atoms. The van der Waals surface area contributed by atoms with Crippen LogP contribution >= 0.6 is 0 Å². The Labute approximate surface area is 230 Å². The van der Waals surface area contributed by atoms with Crippen molar-refractivity contribution in [2.24, 2.45) is 0 Å². The maximum atomic E-state index is 10.7. The second-order valence-electron chi connectivity index (χ2n) is 8.35. The molecule has 9 heteroatoms. The third-order valence-corrected chi connectivity index (χ3v) is 6.09. The number of aromatic nitrogens is 6. The van der Waals surface area contributed by atoms with Crippen LogP contribution in [0.15, 0.2) is 97.3 Å². The predicted octanol–water partition coefficient (Wildman–Crippen LogP) is 5.87. The molecule has 8 nitrogen and oxygen atoms in total. The second kappa shape index (κ2) is 9.65. The standard InChI is InChI=1S/C29H17N6O2.Pt/c36-29-33-24-14-5-6-15-25(24)35(29)27-21-11-2-4-13-23(21)32-28(34-27)37-19-9-7-8-18(16-19)26-20-10-1-3-12-22(20)30-17-31-26;/h1-15,17H,(H,33,36);/q-1;. The minimum Gasteiger partial charge on any atom is -0.480 e. The van der Waals surface area contributed by atoms with Crippen molar-refractivity contribution < 1.29 is 30.9 Å². The molecular formula is C29H17N6O2Pt-. The van der Waals surface area contributed by atoms with Crippen LogP contribution in [-0.2, 0) is 21.1 Å². The summed E-state index contributed by atoms with van der Waals surface area (Å²) >= 11 is 0. The first-order valence-electron chi connectivity index (χ1n) is 11.6. The summed E-state index contributed by atoms with van der Waals surface area (Å²) in [5.41, 5.74) is 4.41. The van der Waals surface area contributed by atoms with Gasteiger partial charge in [0.25, 0.3) is 0 Å². The average molecular weight is 677 g/mol. The molecule has 38 heavy (non-hydrogen) atoms. The molecule has 7 rings (SSSR count). The van der Waals surface area contributed by atoms with Crippen LogP contribution in [0.5, 0.6) is 17.8 Å². The molecule has 0 saturated heterocycles. The quantitative estimate of drug-likeness (QED) is 0.233. The molecular weight excluding hydrogens is 659 g/mol. The monoisotopic (exact) mass is 676 g/mol. The minimum atomic E-state index is -0.166. The van der Waals surface area contributed by atoms with Crippen LogP contribution < -0.4 is 4.74 Å². The summed E-state index contributed by atoms with van der Waals surface area (Å²) in [6, 6.07) is 31.7. The predicted molar refractivity (Wildman–Crippen MR) is 140 cm³/mol. The number of para-hydroxylation sites is 4. The summed E-state index contributed by atoms with van der Waals surface area (Å²) in [4.78, 5) is 22.4. The third-order valence-electron chi connectivity index (χ3n) is 6.09. The van der Waals surface area contributed by atoms with Crippen LogP contribution in [0, 0.1) is 6.07 Å². The van der Waals surface area contributed by atoms with Crippen LogP contribution in [0.4, 0.5) is 0 Å². The molecule has 0 aliphatic heterocycles. The van der Waals surface area contributed by atoms with Crippen LogP contribution in [0.25, 0.3) is 49.9 Å². The molecule has 7 aromatic rings. The fourth-order valence-electron chi connectivity index (χ4n) is 4.44. The molecule has 3 heterocycles. The first-order chi connectivity index (χ1) is 18.2. The van der Waals surface area contributed by atoms with E-state index in [2.05, 4.69) is 31.0 Å². The molecule has 0 unspecified atom stereocenters. The Morgan fingerprint density at radius 2 is 1.42 bits per heavy atom. The van der Waals surface area contributed by atoms with Crippen molar-refractivity contribution in [2.75, 3.05) is 0 Å². The van der Waals surface area contributed by atoms with Gasteiger partial charge in [0.1, 0.15) is 6.33 Å². The Morgan fingerprint density at radius 3 is 2.29 bits per heavy atom. The molecule has 1 N–H and O–H groups in total. The molecule has 186 valence electrons. The van der Waals surface area contributed by atoms with E-state index in [0.717, 1.165) is 33.1 Å². The van der Waals surface area contributed by atoms with E-state index in [1.54, 1.807) is 17.0 Å². The zero-order valence-electron chi connectivity index (χ0n) is 19.6. The van der Waals surface area contributed by atoms with Crippen LogP contribution in [0.1, 0.15) is 0 Å². The van der Waals surface area contributed by atoms with Crippen LogP contribution in [0.3, 0.4) is 0 Å². The number of imidazole rings is 1. The maximum Gasteiger partial charge on any atom is 0.322 e. The number of nitrogens with zero attached hydrogens (tertiary/aromatic N) is 6. The number of hydrogen-bond acceptors (Lipinski definition) is 7. The van der Waals surface area contributed by atoms with Gasteiger partial charge in [-0.25, -0.2) is 9.55 Å². The van der Waals surface area contributed by atoms with E-state index in [9.17, 15) is 5.11 Å². The number of aromatic hydroxyl groups is 1. The van der Waals surface area contributed by atoms with Crippen molar-refractivity contribution >= 4 is 32.8 Å². The molecule has 0 fully saturated rings.